The molecular weight excluding hydrogens is 430 g/mol. The van der Waals surface area contributed by atoms with Crippen LogP contribution in [0.2, 0.25) is 0 Å². The Kier molecular flexibility index (Phi) is 5.96. The van der Waals surface area contributed by atoms with Crippen LogP contribution in [0.5, 0.6) is 5.75 Å². The number of sulfonamides is 1. The van der Waals surface area contributed by atoms with E-state index in [1.807, 2.05) is 45.0 Å². The lowest BCUT2D eigenvalue weighted by atomic mass is 10.1. The lowest BCUT2D eigenvalue weighted by Crippen LogP contribution is -2.34. The smallest absolute Gasteiger partial charge is 0.309 e. The molecule has 1 N–H and O–H groups in total. The highest BCUT2D eigenvalue weighted by atomic mass is 32.2. The monoisotopic (exact) mass is 457 g/mol. The van der Waals surface area contributed by atoms with Crippen LogP contribution < -0.4 is 4.74 Å². The first-order valence-corrected chi connectivity index (χ1v) is 12.1. The number of nitrogens with zero attached hydrogens (tertiary/aromatic N) is 3. The fourth-order valence-electron chi connectivity index (χ4n) is 4.29. The summed E-state index contributed by atoms with van der Waals surface area (Å²) < 4.78 is 35.6. The second-order valence-corrected chi connectivity index (χ2v) is 10.3. The van der Waals surface area contributed by atoms with Crippen molar-refractivity contribution in [1.29, 1.82) is 0 Å². The van der Waals surface area contributed by atoms with Crippen LogP contribution in [-0.4, -0.2) is 52.3 Å². The summed E-state index contributed by atoms with van der Waals surface area (Å²) >= 11 is 0. The molecule has 0 aliphatic carbocycles. The van der Waals surface area contributed by atoms with Crippen LogP contribution in [0.25, 0.3) is 10.9 Å². The van der Waals surface area contributed by atoms with Crippen molar-refractivity contribution in [2.75, 3.05) is 6.54 Å². The number of benzene rings is 2. The average Bonchev–Trinajstić information content (AvgIpc) is 3.29. The highest BCUT2D eigenvalue weighted by molar-refractivity contribution is 7.89. The van der Waals surface area contributed by atoms with E-state index in [0.29, 0.717) is 17.9 Å². The van der Waals surface area contributed by atoms with Gasteiger partial charge in [-0.3, -0.25) is 9.48 Å². The fourth-order valence-corrected chi connectivity index (χ4v) is 5.97. The van der Waals surface area contributed by atoms with Gasteiger partial charge in [-0.15, -0.1) is 0 Å². The molecule has 170 valence electrons. The highest BCUT2D eigenvalue weighted by Gasteiger charge is 2.39. The van der Waals surface area contributed by atoms with Crippen LogP contribution in [-0.2, 0) is 21.2 Å². The SMILES string of the molecule is CC(C)Oc1ccc(S(=O)(=O)N2C[C@H](n3nc(CC(=O)O)c4ccccc43)C[C@@H]2C)cc1. The largest absolute Gasteiger partial charge is 0.491 e. The van der Waals surface area contributed by atoms with E-state index in [1.54, 1.807) is 28.9 Å². The fraction of sp³-hybridized carbons (Fsp3) is 0.391. The van der Waals surface area contributed by atoms with Gasteiger partial charge >= 0.3 is 5.97 Å². The minimum absolute atomic E-state index is 0.00623. The van der Waals surface area contributed by atoms with Gasteiger partial charge in [0.15, 0.2) is 0 Å². The second-order valence-electron chi connectivity index (χ2n) is 8.43. The Morgan fingerprint density at radius 2 is 1.88 bits per heavy atom. The van der Waals surface area contributed by atoms with Gasteiger partial charge in [0.05, 0.1) is 34.7 Å². The van der Waals surface area contributed by atoms with Crippen molar-refractivity contribution < 1.29 is 23.1 Å². The van der Waals surface area contributed by atoms with Crippen LogP contribution in [0.3, 0.4) is 0 Å². The second kappa shape index (κ2) is 8.55. The summed E-state index contributed by atoms with van der Waals surface area (Å²) in [5.41, 5.74) is 1.30. The van der Waals surface area contributed by atoms with Crippen LogP contribution in [0.1, 0.15) is 38.9 Å². The van der Waals surface area contributed by atoms with Gasteiger partial charge in [-0.05, 0) is 57.5 Å². The number of carboxylic acid groups (broad SMARTS) is 1. The summed E-state index contributed by atoms with van der Waals surface area (Å²) in [6.45, 7) is 5.98. The van der Waals surface area contributed by atoms with Crippen LogP contribution >= 0.6 is 0 Å². The van der Waals surface area contributed by atoms with Crippen molar-refractivity contribution in [3.63, 3.8) is 0 Å². The summed E-state index contributed by atoms with van der Waals surface area (Å²) in [5, 5.41) is 14.6. The molecule has 0 bridgehead atoms. The zero-order valence-corrected chi connectivity index (χ0v) is 19.1. The molecule has 3 aromatic rings. The van der Waals surface area contributed by atoms with Crippen LogP contribution in [0, 0.1) is 0 Å². The number of carboxylic acids is 1. The Morgan fingerprint density at radius 1 is 1.19 bits per heavy atom. The molecule has 32 heavy (non-hydrogen) atoms. The highest BCUT2D eigenvalue weighted by Crippen LogP contribution is 2.35. The molecule has 0 saturated carbocycles. The quantitative estimate of drug-likeness (QED) is 0.583. The topological polar surface area (TPSA) is 102 Å². The molecule has 0 amide bonds. The minimum Gasteiger partial charge on any atom is -0.491 e. The first kappa shape index (κ1) is 22.3. The summed E-state index contributed by atoms with van der Waals surface area (Å²) in [7, 11) is -3.70. The summed E-state index contributed by atoms with van der Waals surface area (Å²) in [6, 6.07) is 13.5. The van der Waals surface area contributed by atoms with E-state index in [9.17, 15) is 18.3 Å². The maximum atomic E-state index is 13.3. The molecule has 9 heteroatoms. The van der Waals surface area contributed by atoms with Crippen molar-refractivity contribution in [3.8, 4) is 5.75 Å². The first-order valence-electron chi connectivity index (χ1n) is 10.6. The van der Waals surface area contributed by atoms with Crippen molar-refractivity contribution >= 4 is 26.9 Å². The van der Waals surface area contributed by atoms with Gasteiger partial charge in [0.25, 0.3) is 0 Å². The maximum Gasteiger partial charge on any atom is 0.309 e. The van der Waals surface area contributed by atoms with E-state index in [0.717, 1.165) is 10.9 Å². The third-order valence-corrected chi connectivity index (χ3v) is 7.65. The van der Waals surface area contributed by atoms with Crippen molar-refractivity contribution in [1.82, 2.24) is 14.1 Å². The third-order valence-electron chi connectivity index (χ3n) is 5.65. The number of aliphatic carboxylic acids is 1. The molecule has 1 fully saturated rings. The molecule has 2 aromatic carbocycles. The van der Waals surface area contributed by atoms with E-state index < -0.39 is 16.0 Å². The molecule has 0 unspecified atom stereocenters. The summed E-state index contributed by atoms with van der Waals surface area (Å²) in [4.78, 5) is 11.5. The van der Waals surface area contributed by atoms with E-state index >= 15 is 0 Å². The Hall–Kier alpha value is -2.91. The van der Waals surface area contributed by atoms with E-state index in [-0.39, 0.29) is 36.0 Å². The lowest BCUT2D eigenvalue weighted by Gasteiger charge is -2.21. The molecule has 0 radical (unpaired) electrons. The minimum atomic E-state index is -3.70. The van der Waals surface area contributed by atoms with Crippen LogP contribution in [0.15, 0.2) is 53.4 Å². The van der Waals surface area contributed by atoms with E-state index in [4.69, 9.17) is 4.74 Å². The van der Waals surface area contributed by atoms with Crippen molar-refractivity contribution in [2.45, 2.75) is 56.7 Å². The summed E-state index contributed by atoms with van der Waals surface area (Å²) in [5.74, 6) is -0.324. The van der Waals surface area contributed by atoms with Crippen molar-refractivity contribution in [3.05, 3.63) is 54.2 Å². The Labute approximate surface area is 187 Å². The Morgan fingerprint density at radius 3 is 2.53 bits per heavy atom. The molecule has 4 rings (SSSR count). The zero-order valence-electron chi connectivity index (χ0n) is 18.3. The molecule has 8 nitrogen and oxygen atoms in total. The molecule has 2 heterocycles. The number of carbonyl (C=O) groups is 1. The molecule has 1 aliphatic rings. The molecule has 0 spiro atoms. The molecule has 1 saturated heterocycles. The molecule has 1 aromatic heterocycles. The molecule has 1 aliphatic heterocycles. The number of rotatable bonds is 7. The van der Waals surface area contributed by atoms with E-state index in [2.05, 4.69) is 5.10 Å². The number of hydrogen-bond acceptors (Lipinski definition) is 5. The van der Waals surface area contributed by atoms with Crippen molar-refractivity contribution in [2.24, 2.45) is 0 Å². The van der Waals surface area contributed by atoms with Gasteiger partial charge in [-0.1, -0.05) is 18.2 Å². The van der Waals surface area contributed by atoms with Gasteiger partial charge in [0.1, 0.15) is 5.75 Å². The van der Waals surface area contributed by atoms with E-state index in [1.165, 1.54) is 4.31 Å². The number of fused-ring (bicyclic) bond motifs is 1. The zero-order chi connectivity index (χ0) is 23.0. The first-order chi connectivity index (χ1) is 15.2. The Balaban J connectivity index is 1.62. The predicted octanol–water partition coefficient (Wildman–Crippen LogP) is 3.47. The molecular formula is C23H27N3O5S. The molecule has 2 atom stereocenters. The summed E-state index contributed by atoms with van der Waals surface area (Å²) in [6.07, 6.45) is 0.417. The van der Waals surface area contributed by atoms with Gasteiger partial charge in [-0.2, -0.15) is 9.40 Å². The third kappa shape index (κ3) is 4.22. The Bertz CT molecular complexity index is 1230. The van der Waals surface area contributed by atoms with Gasteiger partial charge in [-0.25, -0.2) is 8.42 Å². The predicted molar refractivity (Wildman–Crippen MR) is 120 cm³/mol. The van der Waals surface area contributed by atoms with Gasteiger partial charge in [0.2, 0.25) is 10.0 Å². The standard InChI is InChI=1S/C23H27N3O5S/c1-15(2)31-18-8-10-19(11-9-18)32(29,30)25-14-17(12-16(25)3)26-22-7-5-4-6-20(22)21(24-26)13-23(27)28/h4-11,15-17H,12-14H2,1-3H3,(H,27,28)/t16-,17+/m0/s1. The average molecular weight is 458 g/mol. The normalized spacial score (nSPS) is 19.6. The van der Waals surface area contributed by atoms with Gasteiger partial charge in [0, 0.05) is 18.0 Å². The maximum absolute atomic E-state index is 13.3. The number of ether oxygens (including phenoxy) is 1. The number of hydrogen-bond donors (Lipinski definition) is 1. The number of aromatic nitrogens is 2. The lowest BCUT2D eigenvalue weighted by molar-refractivity contribution is -0.136. The van der Waals surface area contributed by atoms with Crippen LogP contribution in [0.4, 0.5) is 0 Å². The number of para-hydroxylation sites is 1. The van der Waals surface area contributed by atoms with Gasteiger partial charge < -0.3 is 9.84 Å².